The van der Waals surface area contributed by atoms with Crippen molar-refractivity contribution in [3.63, 3.8) is 0 Å². The topological polar surface area (TPSA) is 95.2 Å². The first-order valence-corrected chi connectivity index (χ1v) is 9.31. The smallest absolute Gasteiger partial charge is 0.326 e. The molecular formula is C19H17NO4S. The Morgan fingerprint density at radius 1 is 1.04 bits per heavy atom. The Balaban J connectivity index is 2.12. The van der Waals surface area contributed by atoms with Crippen molar-refractivity contribution in [3.8, 4) is 6.07 Å². The normalized spacial score (nSPS) is 25.2. The third-order valence-corrected chi connectivity index (χ3v) is 7.03. The summed E-state index contributed by atoms with van der Waals surface area (Å²) in [4.78, 5) is 11.9. The summed E-state index contributed by atoms with van der Waals surface area (Å²) in [5.41, 5.74) is 0.462. The maximum atomic E-state index is 13.0. The molecule has 0 spiro atoms. The molecule has 0 heterocycles. The molecule has 2 aromatic carbocycles. The molecule has 1 N–H and O–H groups in total. The summed E-state index contributed by atoms with van der Waals surface area (Å²) in [5, 5.41) is 17.9. The quantitative estimate of drug-likeness (QED) is 0.910. The molecule has 1 fully saturated rings. The predicted molar refractivity (Wildman–Crippen MR) is 91.8 cm³/mol. The fourth-order valence-electron chi connectivity index (χ4n) is 3.30. The number of benzene rings is 2. The molecule has 3 atom stereocenters. The van der Waals surface area contributed by atoms with Crippen LogP contribution in [0, 0.1) is 30.6 Å². The van der Waals surface area contributed by atoms with E-state index in [1.165, 1.54) is 12.1 Å². The van der Waals surface area contributed by atoms with Crippen LogP contribution in [0.15, 0.2) is 53.4 Å². The van der Waals surface area contributed by atoms with E-state index in [1.807, 2.05) is 13.8 Å². The van der Waals surface area contributed by atoms with Crippen LogP contribution in [0.2, 0.25) is 0 Å². The van der Waals surface area contributed by atoms with Gasteiger partial charge in [-0.25, -0.2) is 8.42 Å². The lowest BCUT2D eigenvalue weighted by molar-refractivity contribution is -0.141. The summed E-state index contributed by atoms with van der Waals surface area (Å²) >= 11 is 0. The number of nitriles is 1. The number of carboxylic acid groups (broad SMARTS) is 1. The van der Waals surface area contributed by atoms with Gasteiger partial charge in [0.15, 0.2) is 15.3 Å². The monoisotopic (exact) mass is 355 g/mol. The Bertz CT molecular complexity index is 972. The van der Waals surface area contributed by atoms with E-state index < -0.39 is 32.4 Å². The van der Waals surface area contributed by atoms with Crippen LogP contribution in [-0.4, -0.2) is 24.7 Å². The van der Waals surface area contributed by atoms with Crippen molar-refractivity contribution in [2.75, 3.05) is 0 Å². The highest BCUT2D eigenvalue weighted by Crippen LogP contribution is 2.63. The first-order valence-electron chi connectivity index (χ1n) is 7.77. The van der Waals surface area contributed by atoms with Gasteiger partial charge in [0.05, 0.1) is 11.0 Å². The van der Waals surface area contributed by atoms with E-state index >= 15 is 0 Å². The highest BCUT2D eigenvalue weighted by Gasteiger charge is 2.77. The van der Waals surface area contributed by atoms with E-state index in [9.17, 15) is 23.6 Å². The summed E-state index contributed by atoms with van der Waals surface area (Å²) in [7, 11) is -3.96. The second kappa shape index (κ2) is 5.71. The Labute approximate surface area is 146 Å². The Morgan fingerprint density at radius 3 is 1.96 bits per heavy atom. The lowest BCUT2D eigenvalue weighted by Crippen LogP contribution is -2.22. The van der Waals surface area contributed by atoms with Gasteiger partial charge in [0.1, 0.15) is 5.25 Å². The number of sulfone groups is 1. The zero-order chi connectivity index (χ0) is 18.4. The summed E-state index contributed by atoms with van der Waals surface area (Å²) < 4.78 is 26.0. The number of carbonyl (C=O) groups is 1. The largest absolute Gasteiger partial charge is 0.480 e. The number of aryl methyl sites for hydroxylation is 2. The third-order valence-electron chi connectivity index (χ3n) is 4.79. The standard InChI is InChI=1S/C19H17NO4S/c1-12-3-7-14(8-4-12)16-17(19(16,11-20)18(21)22)25(23,24)15-9-5-13(2)6-10-15/h3-10,16-17H,1-2H3,(H,21,22)/t16-,17+,19+/m1/s1. The molecule has 2 aromatic rings. The third kappa shape index (κ3) is 2.52. The molecule has 3 rings (SSSR count). The maximum absolute atomic E-state index is 13.0. The highest BCUT2D eigenvalue weighted by atomic mass is 32.2. The van der Waals surface area contributed by atoms with Crippen molar-refractivity contribution in [2.45, 2.75) is 29.9 Å². The minimum atomic E-state index is -3.96. The fraction of sp³-hybridized carbons (Fsp3) is 0.263. The lowest BCUT2D eigenvalue weighted by Gasteiger charge is -2.05. The minimum Gasteiger partial charge on any atom is -0.480 e. The number of hydrogen-bond donors (Lipinski definition) is 1. The van der Waals surface area contributed by atoms with Crippen LogP contribution in [0.5, 0.6) is 0 Å². The molecule has 0 aromatic heterocycles. The molecule has 0 radical (unpaired) electrons. The second-order valence-electron chi connectivity index (χ2n) is 6.45. The van der Waals surface area contributed by atoms with Crippen molar-refractivity contribution >= 4 is 15.8 Å². The molecule has 0 saturated heterocycles. The average Bonchev–Trinajstić information content (AvgIpc) is 3.27. The van der Waals surface area contributed by atoms with Gasteiger partial charge in [0.25, 0.3) is 0 Å². The average molecular weight is 355 g/mol. The van der Waals surface area contributed by atoms with E-state index in [0.717, 1.165) is 11.1 Å². The molecule has 25 heavy (non-hydrogen) atoms. The summed E-state index contributed by atoms with van der Waals surface area (Å²) in [6.45, 7) is 3.71. The molecule has 0 aliphatic heterocycles. The van der Waals surface area contributed by atoms with Gasteiger partial charge in [-0.05, 0) is 31.5 Å². The summed E-state index contributed by atoms with van der Waals surface area (Å²) in [5.74, 6) is -2.29. The van der Waals surface area contributed by atoms with Crippen molar-refractivity contribution in [2.24, 2.45) is 5.41 Å². The van der Waals surface area contributed by atoms with Crippen LogP contribution in [0.25, 0.3) is 0 Å². The van der Waals surface area contributed by atoms with Crippen LogP contribution in [-0.2, 0) is 14.6 Å². The van der Waals surface area contributed by atoms with Gasteiger partial charge >= 0.3 is 5.97 Å². The molecule has 6 heteroatoms. The minimum absolute atomic E-state index is 0.0404. The fourth-order valence-corrected chi connectivity index (χ4v) is 5.55. The highest BCUT2D eigenvalue weighted by molar-refractivity contribution is 7.92. The van der Waals surface area contributed by atoms with Gasteiger partial charge in [-0.15, -0.1) is 0 Å². The van der Waals surface area contributed by atoms with E-state index in [4.69, 9.17) is 0 Å². The van der Waals surface area contributed by atoms with Crippen LogP contribution in [0.1, 0.15) is 22.6 Å². The van der Waals surface area contributed by atoms with Gasteiger partial charge in [-0.2, -0.15) is 5.26 Å². The first kappa shape index (κ1) is 17.2. The predicted octanol–water partition coefficient (Wildman–Crippen LogP) is 2.84. The molecule has 1 saturated carbocycles. The number of carboxylic acids is 1. The number of rotatable bonds is 4. The molecule has 5 nitrogen and oxygen atoms in total. The second-order valence-corrected chi connectivity index (χ2v) is 8.52. The summed E-state index contributed by atoms with van der Waals surface area (Å²) in [6, 6.07) is 15.0. The molecule has 0 amide bonds. The van der Waals surface area contributed by atoms with Gasteiger partial charge in [0, 0.05) is 5.92 Å². The number of aliphatic carboxylic acids is 1. The van der Waals surface area contributed by atoms with E-state index in [-0.39, 0.29) is 4.90 Å². The Hall–Kier alpha value is -2.65. The van der Waals surface area contributed by atoms with Crippen molar-refractivity contribution in [1.82, 2.24) is 0 Å². The van der Waals surface area contributed by atoms with Gasteiger partial charge in [-0.3, -0.25) is 4.79 Å². The molecular weight excluding hydrogens is 338 g/mol. The molecule has 128 valence electrons. The van der Waals surface area contributed by atoms with Gasteiger partial charge in [-0.1, -0.05) is 47.5 Å². The lowest BCUT2D eigenvalue weighted by atomic mass is 10.00. The maximum Gasteiger partial charge on any atom is 0.326 e. The zero-order valence-electron chi connectivity index (χ0n) is 13.8. The van der Waals surface area contributed by atoms with Crippen LogP contribution in [0.4, 0.5) is 0 Å². The zero-order valence-corrected chi connectivity index (χ0v) is 14.6. The number of hydrogen-bond acceptors (Lipinski definition) is 4. The van der Waals surface area contributed by atoms with Crippen LogP contribution < -0.4 is 0 Å². The van der Waals surface area contributed by atoms with Crippen molar-refractivity contribution < 1.29 is 18.3 Å². The van der Waals surface area contributed by atoms with E-state index in [0.29, 0.717) is 5.56 Å². The number of nitrogens with zero attached hydrogens (tertiary/aromatic N) is 1. The molecule has 1 aliphatic rings. The first-order chi connectivity index (χ1) is 11.7. The van der Waals surface area contributed by atoms with Crippen molar-refractivity contribution in [3.05, 3.63) is 65.2 Å². The van der Waals surface area contributed by atoms with Crippen molar-refractivity contribution in [1.29, 1.82) is 5.26 Å². The molecule has 0 bridgehead atoms. The van der Waals surface area contributed by atoms with Gasteiger partial charge in [0.2, 0.25) is 0 Å². The SMILES string of the molecule is Cc1ccc([C@@H]2[C@H](S(=O)(=O)c3ccc(C)cc3)[C@@]2(C#N)C(=O)O)cc1. The molecule has 0 unspecified atom stereocenters. The Kier molecular flexibility index (Phi) is 3.92. The van der Waals surface area contributed by atoms with E-state index in [1.54, 1.807) is 42.5 Å². The van der Waals surface area contributed by atoms with Crippen LogP contribution in [0.3, 0.4) is 0 Å². The Morgan fingerprint density at radius 2 is 1.52 bits per heavy atom. The van der Waals surface area contributed by atoms with Gasteiger partial charge < -0.3 is 5.11 Å². The molecule has 1 aliphatic carbocycles. The van der Waals surface area contributed by atoms with Crippen LogP contribution >= 0.6 is 0 Å². The summed E-state index contributed by atoms with van der Waals surface area (Å²) in [6.07, 6.45) is 0. The van der Waals surface area contributed by atoms with E-state index in [2.05, 4.69) is 0 Å².